The van der Waals surface area contributed by atoms with Gasteiger partial charge in [0.05, 0.1) is 5.69 Å². The van der Waals surface area contributed by atoms with E-state index in [0.717, 1.165) is 17.5 Å². The van der Waals surface area contributed by atoms with E-state index in [1.165, 1.54) is 17.0 Å². The number of aromatic nitrogens is 3. The molecule has 1 aromatic heterocycles. The number of carbonyl (C=O) groups excluding carboxylic acids is 2. The molecule has 9 heteroatoms. The minimum absolute atomic E-state index is 0.0862. The summed E-state index contributed by atoms with van der Waals surface area (Å²) in [4.78, 5) is 25.7. The normalized spacial score (nSPS) is 13.6. The molecule has 0 saturated carbocycles. The smallest absolute Gasteiger partial charge is 0.227 e. The molecular formula is C22H22FN5O2S. The third-order valence-corrected chi connectivity index (χ3v) is 5.54. The van der Waals surface area contributed by atoms with E-state index in [4.69, 9.17) is 12.2 Å². The second kappa shape index (κ2) is 8.81. The number of amides is 2. The summed E-state index contributed by atoms with van der Waals surface area (Å²) < 4.78 is 16.7. The maximum atomic E-state index is 14.5. The molecule has 0 spiro atoms. The lowest BCUT2D eigenvalue weighted by molar-refractivity contribution is -0.117. The highest BCUT2D eigenvalue weighted by atomic mass is 32.1. The van der Waals surface area contributed by atoms with Crippen LogP contribution in [-0.4, -0.2) is 33.1 Å². The van der Waals surface area contributed by atoms with Crippen LogP contribution in [0, 0.1) is 17.5 Å². The van der Waals surface area contributed by atoms with Crippen LogP contribution in [0.15, 0.2) is 42.5 Å². The predicted molar refractivity (Wildman–Crippen MR) is 119 cm³/mol. The molecule has 2 aromatic carbocycles. The Morgan fingerprint density at radius 2 is 2.03 bits per heavy atom. The lowest BCUT2D eigenvalue weighted by Crippen LogP contribution is -2.24. The molecule has 1 aliphatic rings. The molecule has 0 radical (unpaired) electrons. The van der Waals surface area contributed by atoms with Crippen molar-refractivity contribution in [2.45, 2.75) is 32.7 Å². The monoisotopic (exact) mass is 439 g/mol. The summed E-state index contributed by atoms with van der Waals surface area (Å²) in [5, 5.41) is 9.75. The van der Waals surface area contributed by atoms with E-state index < -0.39 is 5.82 Å². The van der Waals surface area contributed by atoms with Crippen molar-refractivity contribution in [1.29, 1.82) is 0 Å². The summed E-state index contributed by atoms with van der Waals surface area (Å²) in [7, 11) is 0. The zero-order valence-electron chi connectivity index (χ0n) is 17.0. The van der Waals surface area contributed by atoms with E-state index in [1.54, 1.807) is 10.6 Å². The van der Waals surface area contributed by atoms with E-state index in [2.05, 4.69) is 15.5 Å². The summed E-state index contributed by atoms with van der Waals surface area (Å²) in [6.45, 7) is 2.84. The molecule has 1 aliphatic heterocycles. The molecule has 0 atom stereocenters. The number of nitrogens with zero attached hydrogens (tertiary/aromatic N) is 3. The minimum Gasteiger partial charge on any atom is -0.326 e. The topological polar surface area (TPSA) is 83.0 Å². The van der Waals surface area contributed by atoms with Crippen LogP contribution in [0.2, 0.25) is 0 Å². The molecule has 1 fully saturated rings. The van der Waals surface area contributed by atoms with Gasteiger partial charge in [-0.2, -0.15) is 5.10 Å². The van der Waals surface area contributed by atoms with E-state index in [9.17, 15) is 14.0 Å². The van der Waals surface area contributed by atoms with Crippen LogP contribution in [0.3, 0.4) is 0 Å². The number of carbonyl (C=O) groups is 2. The first-order valence-electron chi connectivity index (χ1n) is 10.0. The van der Waals surface area contributed by atoms with Gasteiger partial charge in [-0.15, -0.1) is 0 Å². The summed E-state index contributed by atoms with van der Waals surface area (Å²) in [5.74, 6) is -0.241. The van der Waals surface area contributed by atoms with E-state index >= 15 is 0 Å². The number of halogens is 1. The highest BCUT2D eigenvalue weighted by Crippen LogP contribution is 2.27. The molecular weight excluding hydrogens is 417 g/mol. The standard InChI is InChI=1S/C22H22FN5O2S/c1-14-4-6-15(7-5-14)21-25-26-22(31)28(21)12-10-19(29)24-16-8-9-18(17(23)13-16)27-11-2-3-20(27)30/h4-9,13H,2-3,10-12H2,1H3,(H,24,29)(H,26,31). The molecule has 160 valence electrons. The van der Waals surface area contributed by atoms with Crippen molar-refractivity contribution in [3.63, 3.8) is 0 Å². The third-order valence-electron chi connectivity index (χ3n) is 5.23. The van der Waals surface area contributed by atoms with Crippen molar-refractivity contribution in [2.75, 3.05) is 16.8 Å². The van der Waals surface area contributed by atoms with Gasteiger partial charge in [0.2, 0.25) is 11.8 Å². The van der Waals surface area contributed by atoms with Gasteiger partial charge in [-0.25, -0.2) is 4.39 Å². The summed E-state index contributed by atoms with van der Waals surface area (Å²) in [6, 6.07) is 12.2. The zero-order chi connectivity index (χ0) is 22.0. The van der Waals surface area contributed by atoms with Crippen molar-refractivity contribution < 1.29 is 14.0 Å². The largest absolute Gasteiger partial charge is 0.326 e. The maximum absolute atomic E-state index is 14.5. The summed E-state index contributed by atoms with van der Waals surface area (Å²) >= 11 is 5.31. The summed E-state index contributed by atoms with van der Waals surface area (Å²) in [6.07, 6.45) is 1.29. The highest BCUT2D eigenvalue weighted by molar-refractivity contribution is 7.71. The number of rotatable bonds is 6. The first-order valence-corrected chi connectivity index (χ1v) is 10.5. The van der Waals surface area contributed by atoms with Crippen molar-refractivity contribution in [3.05, 3.63) is 58.6 Å². The Morgan fingerprint density at radius 1 is 1.26 bits per heavy atom. The Bertz CT molecular complexity index is 1190. The number of aromatic amines is 1. The highest BCUT2D eigenvalue weighted by Gasteiger charge is 2.24. The third kappa shape index (κ3) is 4.56. The molecule has 0 aliphatic carbocycles. The molecule has 2 amide bonds. The SMILES string of the molecule is Cc1ccc(-c2n[nH]c(=S)n2CCC(=O)Nc2ccc(N3CCCC3=O)c(F)c2)cc1. The number of H-pyrrole nitrogens is 1. The molecule has 1 saturated heterocycles. The summed E-state index contributed by atoms with van der Waals surface area (Å²) in [5.41, 5.74) is 2.61. The second-order valence-electron chi connectivity index (χ2n) is 7.48. The number of hydrogen-bond donors (Lipinski definition) is 2. The van der Waals surface area contributed by atoms with Crippen LogP contribution in [0.1, 0.15) is 24.8 Å². The van der Waals surface area contributed by atoms with Gasteiger partial charge in [-0.3, -0.25) is 19.3 Å². The van der Waals surface area contributed by atoms with Gasteiger partial charge in [-0.05, 0) is 43.8 Å². The Kier molecular flexibility index (Phi) is 5.94. The molecule has 2 heterocycles. The van der Waals surface area contributed by atoms with Crippen LogP contribution < -0.4 is 10.2 Å². The van der Waals surface area contributed by atoms with Crippen LogP contribution >= 0.6 is 12.2 Å². The fraction of sp³-hybridized carbons (Fsp3) is 0.273. The van der Waals surface area contributed by atoms with Gasteiger partial charge in [0.25, 0.3) is 0 Å². The lowest BCUT2D eigenvalue weighted by Gasteiger charge is -2.17. The van der Waals surface area contributed by atoms with E-state index in [-0.39, 0.29) is 23.9 Å². The van der Waals surface area contributed by atoms with Crippen LogP contribution in [0.25, 0.3) is 11.4 Å². The fourth-order valence-electron chi connectivity index (χ4n) is 3.59. The first kappa shape index (κ1) is 20.9. The Balaban J connectivity index is 1.42. The number of aryl methyl sites for hydroxylation is 1. The van der Waals surface area contributed by atoms with Crippen molar-refractivity contribution in [2.24, 2.45) is 0 Å². The van der Waals surface area contributed by atoms with Gasteiger partial charge in [0.1, 0.15) is 5.82 Å². The van der Waals surface area contributed by atoms with Crippen LogP contribution in [0.4, 0.5) is 15.8 Å². The number of anilines is 2. The maximum Gasteiger partial charge on any atom is 0.227 e. The molecule has 2 N–H and O–H groups in total. The molecule has 4 rings (SSSR count). The molecule has 0 bridgehead atoms. The second-order valence-corrected chi connectivity index (χ2v) is 7.87. The average Bonchev–Trinajstić information content (AvgIpc) is 3.32. The van der Waals surface area contributed by atoms with Crippen molar-refractivity contribution in [1.82, 2.24) is 14.8 Å². The van der Waals surface area contributed by atoms with Gasteiger partial charge in [-0.1, -0.05) is 29.8 Å². The predicted octanol–water partition coefficient (Wildman–Crippen LogP) is 4.21. The van der Waals surface area contributed by atoms with Crippen molar-refractivity contribution in [3.8, 4) is 11.4 Å². The lowest BCUT2D eigenvalue weighted by atomic mass is 10.1. The molecule has 3 aromatic rings. The van der Waals surface area contributed by atoms with Gasteiger partial charge < -0.3 is 10.2 Å². The molecule has 31 heavy (non-hydrogen) atoms. The van der Waals surface area contributed by atoms with Crippen LogP contribution in [0.5, 0.6) is 0 Å². The average molecular weight is 440 g/mol. The minimum atomic E-state index is -0.535. The van der Waals surface area contributed by atoms with Crippen molar-refractivity contribution >= 4 is 35.4 Å². The first-order chi connectivity index (χ1) is 14.9. The Labute approximate surface area is 183 Å². The number of nitrogens with one attached hydrogen (secondary N) is 2. The Morgan fingerprint density at radius 3 is 2.71 bits per heavy atom. The number of benzene rings is 2. The van der Waals surface area contributed by atoms with E-state index in [0.29, 0.717) is 35.8 Å². The van der Waals surface area contributed by atoms with Crippen LogP contribution in [-0.2, 0) is 16.1 Å². The zero-order valence-corrected chi connectivity index (χ0v) is 17.8. The Hall–Kier alpha value is -3.33. The number of hydrogen-bond acceptors (Lipinski definition) is 4. The van der Waals surface area contributed by atoms with E-state index in [1.807, 2.05) is 31.2 Å². The molecule has 7 nitrogen and oxygen atoms in total. The quantitative estimate of drug-likeness (QED) is 0.564. The van der Waals surface area contributed by atoms with Gasteiger partial charge in [0.15, 0.2) is 10.6 Å². The van der Waals surface area contributed by atoms with Gasteiger partial charge >= 0.3 is 0 Å². The van der Waals surface area contributed by atoms with Gasteiger partial charge in [0, 0.05) is 37.2 Å². The fourth-order valence-corrected chi connectivity index (χ4v) is 3.81. The molecule has 0 unspecified atom stereocenters.